The lowest BCUT2D eigenvalue weighted by molar-refractivity contribution is -0.0398. The molecule has 0 heterocycles. The van der Waals surface area contributed by atoms with Crippen LogP contribution in [0.2, 0.25) is 0 Å². The van der Waals surface area contributed by atoms with Crippen molar-refractivity contribution in [3.8, 4) is 0 Å². The first-order valence-corrected chi connectivity index (χ1v) is 18.8. The van der Waals surface area contributed by atoms with Crippen LogP contribution in [0.3, 0.4) is 0 Å². The molecule has 0 saturated heterocycles. The normalized spacial score (nSPS) is 11.7. The highest BCUT2D eigenvalue weighted by Crippen LogP contribution is 2.40. The minimum absolute atomic E-state index is 0.423. The van der Waals surface area contributed by atoms with Crippen molar-refractivity contribution in [3.63, 3.8) is 0 Å². The first-order valence-electron chi connectivity index (χ1n) is 18.8. The third-order valence-corrected chi connectivity index (χ3v) is 8.08. The number of ether oxygens (including phenoxy) is 9. The number of unbranched alkanes of at least 4 members (excludes halogenated alkanes) is 4. The summed E-state index contributed by atoms with van der Waals surface area (Å²) in [6, 6.07) is 31.1. The summed E-state index contributed by atoms with van der Waals surface area (Å²) in [5, 5.41) is 0. The Bertz CT molecular complexity index is 1070. The molecular formula is C42H62O9. The van der Waals surface area contributed by atoms with Gasteiger partial charge >= 0.3 is 0 Å². The van der Waals surface area contributed by atoms with E-state index in [4.69, 9.17) is 42.6 Å². The van der Waals surface area contributed by atoms with Crippen LogP contribution >= 0.6 is 0 Å². The van der Waals surface area contributed by atoms with Gasteiger partial charge in [-0.25, -0.2) is 0 Å². The summed E-state index contributed by atoms with van der Waals surface area (Å²) in [5.74, 6) is 0. The molecule has 0 aliphatic carbocycles. The van der Waals surface area contributed by atoms with Crippen LogP contribution in [0, 0.1) is 0 Å². The summed E-state index contributed by atoms with van der Waals surface area (Å²) in [6.45, 7) is 11.4. The van der Waals surface area contributed by atoms with Crippen molar-refractivity contribution in [2.75, 3.05) is 112 Å². The Morgan fingerprint density at radius 3 is 0.902 bits per heavy atom. The van der Waals surface area contributed by atoms with Gasteiger partial charge in [-0.05, 0) is 23.1 Å². The van der Waals surface area contributed by atoms with Crippen molar-refractivity contribution in [1.29, 1.82) is 0 Å². The zero-order valence-electron chi connectivity index (χ0n) is 30.9. The second-order valence-corrected chi connectivity index (χ2v) is 11.9. The van der Waals surface area contributed by atoms with E-state index in [1.807, 2.05) is 54.6 Å². The van der Waals surface area contributed by atoms with E-state index in [-0.39, 0.29) is 0 Å². The van der Waals surface area contributed by atoms with Crippen molar-refractivity contribution in [2.24, 2.45) is 0 Å². The van der Waals surface area contributed by atoms with E-state index in [9.17, 15) is 0 Å². The first-order chi connectivity index (χ1) is 25.4. The molecule has 0 fully saturated rings. The SMILES string of the molecule is CCCCCCCOCCOCCOCCOCCOCCOCCOCCOCCOC(c1ccccc1)(c1ccccc1)c1ccccc1. The Hall–Kier alpha value is -2.70. The average molecular weight is 711 g/mol. The Balaban J connectivity index is 1.10. The molecule has 3 aromatic carbocycles. The Labute approximate surface area is 306 Å². The van der Waals surface area contributed by atoms with E-state index in [1.54, 1.807) is 0 Å². The third kappa shape index (κ3) is 18.6. The molecule has 0 aromatic heterocycles. The second kappa shape index (κ2) is 29.8. The van der Waals surface area contributed by atoms with Crippen LogP contribution in [-0.2, 0) is 48.2 Å². The molecule has 0 amide bonds. The molecular weight excluding hydrogens is 648 g/mol. The van der Waals surface area contributed by atoms with Crippen LogP contribution in [0.1, 0.15) is 55.7 Å². The largest absolute Gasteiger partial charge is 0.379 e. The summed E-state index contributed by atoms with van der Waals surface area (Å²) < 4.78 is 51.5. The molecule has 0 atom stereocenters. The van der Waals surface area contributed by atoms with E-state index in [0.29, 0.717) is 106 Å². The number of rotatable bonds is 34. The van der Waals surface area contributed by atoms with E-state index in [2.05, 4.69) is 43.3 Å². The Morgan fingerprint density at radius 1 is 0.314 bits per heavy atom. The summed E-state index contributed by atoms with van der Waals surface area (Å²) in [4.78, 5) is 0. The van der Waals surface area contributed by atoms with Gasteiger partial charge in [-0.1, -0.05) is 124 Å². The maximum absolute atomic E-state index is 6.73. The molecule has 9 heteroatoms. The Kier molecular flexibility index (Phi) is 25.0. The van der Waals surface area contributed by atoms with Crippen molar-refractivity contribution in [2.45, 2.75) is 44.6 Å². The fraction of sp³-hybridized carbons (Fsp3) is 0.571. The molecule has 0 saturated carbocycles. The van der Waals surface area contributed by atoms with Gasteiger partial charge in [0.05, 0.1) is 106 Å². The lowest BCUT2D eigenvalue weighted by Crippen LogP contribution is -2.34. The minimum atomic E-state index is -0.745. The molecule has 51 heavy (non-hydrogen) atoms. The third-order valence-electron chi connectivity index (χ3n) is 8.08. The highest BCUT2D eigenvalue weighted by atomic mass is 16.6. The quantitative estimate of drug-likeness (QED) is 0.0476. The summed E-state index contributed by atoms with van der Waals surface area (Å²) in [7, 11) is 0. The molecule has 0 aliphatic heterocycles. The van der Waals surface area contributed by atoms with Gasteiger partial charge in [-0.15, -0.1) is 0 Å². The van der Waals surface area contributed by atoms with Gasteiger partial charge in [0.25, 0.3) is 0 Å². The molecule has 0 bridgehead atoms. The van der Waals surface area contributed by atoms with Gasteiger partial charge in [-0.3, -0.25) is 0 Å². The van der Waals surface area contributed by atoms with Gasteiger partial charge in [0.2, 0.25) is 0 Å². The maximum atomic E-state index is 6.73. The topological polar surface area (TPSA) is 83.1 Å². The highest BCUT2D eigenvalue weighted by molar-refractivity contribution is 5.47. The highest BCUT2D eigenvalue weighted by Gasteiger charge is 2.37. The number of hydrogen-bond donors (Lipinski definition) is 0. The predicted octanol–water partition coefficient (Wildman–Crippen LogP) is 7.10. The maximum Gasteiger partial charge on any atom is 0.143 e. The minimum Gasteiger partial charge on any atom is -0.379 e. The number of hydrogen-bond acceptors (Lipinski definition) is 9. The van der Waals surface area contributed by atoms with Crippen LogP contribution in [0.15, 0.2) is 91.0 Å². The van der Waals surface area contributed by atoms with Crippen molar-refractivity contribution in [1.82, 2.24) is 0 Å². The Morgan fingerprint density at radius 2 is 0.588 bits per heavy atom. The fourth-order valence-corrected chi connectivity index (χ4v) is 5.47. The monoisotopic (exact) mass is 710 g/mol. The van der Waals surface area contributed by atoms with E-state index in [1.165, 1.54) is 25.7 Å². The van der Waals surface area contributed by atoms with E-state index >= 15 is 0 Å². The summed E-state index contributed by atoms with van der Waals surface area (Å²) in [5.41, 5.74) is 2.47. The zero-order valence-corrected chi connectivity index (χ0v) is 30.9. The van der Waals surface area contributed by atoms with Gasteiger partial charge in [0, 0.05) is 6.61 Å². The average Bonchev–Trinajstić information content (AvgIpc) is 3.18. The predicted molar refractivity (Wildman–Crippen MR) is 200 cm³/mol. The molecule has 9 nitrogen and oxygen atoms in total. The van der Waals surface area contributed by atoms with Gasteiger partial charge in [0.1, 0.15) is 5.60 Å². The summed E-state index contributed by atoms with van der Waals surface area (Å²) >= 11 is 0. The summed E-state index contributed by atoms with van der Waals surface area (Å²) in [6.07, 6.45) is 6.28. The van der Waals surface area contributed by atoms with Crippen molar-refractivity contribution < 1.29 is 42.6 Å². The van der Waals surface area contributed by atoms with Crippen LogP contribution < -0.4 is 0 Å². The smallest absolute Gasteiger partial charge is 0.143 e. The molecule has 284 valence electrons. The van der Waals surface area contributed by atoms with Crippen LogP contribution in [0.25, 0.3) is 0 Å². The lowest BCUT2D eigenvalue weighted by atomic mass is 9.80. The lowest BCUT2D eigenvalue weighted by Gasteiger charge is -2.36. The number of benzene rings is 3. The molecule has 0 unspecified atom stereocenters. The second-order valence-electron chi connectivity index (χ2n) is 11.9. The van der Waals surface area contributed by atoms with E-state index < -0.39 is 5.60 Å². The van der Waals surface area contributed by atoms with Crippen LogP contribution in [0.4, 0.5) is 0 Å². The van der Waals surface area contributed by atoms with Gasteiger partial charge < -0.3 is 42.6 Å². The molecule has 0 radical (unpaired) electrons. The van der Waals surface area contributed by atoms with E-state index in [0.717, 1.165) is 29.7 Å². The molecule has 0 N–H and O–H groups in total. The zero-order chi connectivity index (χ0) is 35.8. The van der Waals surface area contributed by atoms with Gasteiger partial charge in [-0.2, -0.15) is 0 Å². The van der Waals surface area contributed by atoms with Crippen LogP contribution in [-0.4, -0.2) is 112 Å². The molecule has 3 rings (SSSR count). The first kappa shape index (κ1) is 42.7. The fourth-order valence-electron chi connectivity index (χ4n) is 5.47. The molecule has 3 aromatic rings. The van der Waals surface area contributed by atoms with Crippen LogP contribution in [0.5, 0.6) is 0 Å². The standard InChI is InChI=1S/C42H62O9/c1-2-3-4-5-15-22-43-23-24-44-25-26-45-27-28-46-29-30-47-31-32-48-33-34-49-35-36-50-37-38-51-42(39-16-9-6-10-17-39,40-18-11-7-12-19-40)41-20-13-8-14-21-41/h6-14,16-21H,2-5,15,22-38H2,1H3. The molecule has 0 aliphatic rings. The van der Waals surface area contributed by atoms with Crippen molar-refractivity contribution >= 4 is 0 Å². The van der Waals surface area contributed by atoms with Gasteiger partial charge in [0.15, 0.2) is 0 Å². The molecule has 0 spiro atoms. The van der Waals surface area contributed by atoms with Crippen molar-refractivity contribution in [3.05, 3.63) is 108 Å².